The van der Waals surface area contributed by atoms with Crippen LogP contribution in [0.15, 0.2) is 60.8 Å². The van der Waals surface area contributed by atoms with Crippen LogP contribution >= 0.6 is 22.9 Å². The van der Waals surface area contributed by atoms with E-state index >= 15 is 0 Å². The molecular formula is C23H19ClN4O3S. The van der Waals surface area contributed by atoms with Crippen LogP contribution in [0.3, 0.4) is 0 Å². The second-order valence-corrected chi connectivity index (χ2v) is 8.30. The Bertz CT molecular complexity index is 1240. The summed E-state index contributed by atoms with van der Waals surface area (Å²) in [7, 11) is 1.61. The summed E-state index contributed by atoms with van der Waals surface area (Å²) < 4.78 is 11.0. The van der Waals surface area contributed by atoms with Gasteiger partial charge in [-0.2, -0.15) is 0 Å². The minimum atomic E-state index is -0.323. The molecule has 2 aromatic heterocycles. The monoisotopic (exact) mass is 466 g/mol. The average molecular weight is 467 g/mol. The van der Waals surface area contributed by atoms with Gasteiger partial charge in [0.1, 0.15) is 18.1 Å². The first-order valence-corrected chi connectivity index (χ1v) is 10.8. The van der Waals surface area contributed by atoms with Crippen molar-refractivity contribution in [2.75, 3.05) is 12.4 Å². The number of carbonyl (C=O) groups is 1. The highest BCUT2D eigenvalue weighted by molar-refractivity contribution is 7.15. The zero-order valence-corrected chi connectivity index (χ0v) is 18.9. The molecule has 4 aromatic rings. The highest BCUT2D eigenvalue weighted by atomic mass is 35.5. The third kappa shape index (κ3) is 5.22. The molecule has 0 saturated heterocycles. The summed E-state index contributed by atoms with van der Waals surface area (Å²) in [5, 5.41) is 12.6. The fraction of sp³-hybridized carbons (Fsp3) is 0.130. The number of methoxy groups -OCH3 is 1. The van der Waals surface area contributed by atoms with Crippen molar-refractivity contribution in [3.8, 4) is 22.6 Å². The number of nitrogens with one attached hydrogen (secondary N) is 1. The van der Waals surface area contributed by atoms with Gasteiger partial charge in [-0.25, -0.2) is 0 Å². The number of hydrogen-bond donors (Lipinski definition) is 1. The molecule has 1 amide bonds. The number of anilines is 1. The van der Waals surface area contributed by atoms with Crippen LogP contribution in [0.5, 0.6) is 11.5 Å². The molecule has 0 radical (unpaired) electrons. The highest BCUT2D eigenvalue weighted by Gasteiger charge is 2.17. The van der Waals surface area contributed by atoms with E-state index in [4.69, 9.17) is 21.1 Å². The number of nitrogens with zero attached hydrogens (tertiary/aromatic N) is 3. The quantitative estimate of drug-likeness (QED) is 0.392. The summed E-state index contributed by atoms with van der Waals surface area (Å²) in [4.78, 5) is 17.3. The minimum Gasteiger partial charge on any atom is -0.497 e. The largest absolute Gasteiger partial charge is 0.497 e. The predicted octanol–water partition coefficient (Wildman–Crippen LogP) is 5.40. The number of aryl methyl sites for hydroxylation is 1. The lowest BCUT2D eigenvalue weighted by Crippen LogP contribution is -2.13. The van der Waals surface area contributed by atoms with Gasteiger partial charge < -0.3 is 9.47 Å². The van der Waals surface area contributed by atoms with Crippen LogP contribution in [0.1, 0.15) is 21.1 Å². The Hall–Kier alpha value is -3.49. The summed E-state index contributed by atoms with van der Waals surface area (Å²) >= 11 is 7.12. The van der Waals surface area contributed by atoms with Crippen LogP contribution in [0.4, 0.5) is 5.13 Å². The first-order valence-electron chi connectivity index (χ1n) is 9.65. The van der Waals surface area contributed by atoms with E-state index in [2.05, 4.69) is 20.5 Å². The molecule has 0 bridgehead atoms. The molecule has 162 valence electrons. The Morgan fingerprint density at radius 2 is 1.91 bits per heavy atom. The molecule has 9 heteroatoms. The van der Waals surface area contributed by atoms with Gasteiger partial charge in [-0.1, -0.05) is 35.1 Å². The second-order valence-electron chi connectivity index (χ2n) is 6.80. The van der Waals surface area contributed by atoms with Crippen LogP contribution < -0.4 is 14.8 Å². The third-order valence-electron chi connectivity index (χ3n) is 4.53. The molecule has 2 heterocycles. The van der Waals surface area contributed by atoms with E-state index in [0.717, 1.165) is 16.8 Å². The maximum atomic E-state index is 13.0. The SMILES string of the molecule is COc1cccc(-c2cc(C)ncc2C(=O)Nc2nnc(COc3ccc(Cl)cc3)s2)c1. The molecule has 0 aliphatic rings. The van der Waals surface area contributed by atoms with Crippen molar-refractivity contribution in [2.24, 2.45) is 0 Å². The van der Waals surface area contributed by atoms with Crippen LogP contribution in [-0.2, 0) is 6.61 Å². The molecule has 0 unspecified atom stereocenters. The maximum Gasteiger partial charge on any atom is 0.259 e. The molecule has 0 aliphatic heterocycles. The van der Waals surface area contributed by atoms with E-state index in [1.807, 2.05) is 37.3 Å². The van der Waals surface area contributed by atoms with Crippen molar-refractivity contribution < 1.29 is 14.3 Å². The van der Waals surface area contributed by atoms with Crippen molar-refractivity contribution in [3.63, 3.8) is 0 Å². The molecule has 0 aliphatic carbocycles. The van der Waals surface area contributed by atoms with Gasteiger partial charge in [0.2, 0.25) is 5.13 Å². The molecule has 0 atom stereocenters. The van der Waals surface area contributed by atoms with Crippen molar-refractivity contribution in [1.82, 2.24) is 15.2 Å². The van der Waals surface area contributed by atoms with Crippen molar-refractivity contribution in [2.45, 2.75) is 13.5 Å². The third-order valence-corrected chi connectivity index (χ3v) is 5.59. The van der Waals surface area contributed by atoms with Gasteiger partial charge in [0.15, 0.2) is 5.01 Å². The summed E-state index contributed by atoms with van der Waals surface area (Å²) in [6.07, 6.45) is 1.56. The van der Waals surface area contributed by atoms with E-state index in [9.17, 15) is 4.79 Å². The molecule has 1 N–H and O–H groups in total. The first-order chi connectivity index (χ1) is 15.5. The molecule has 0 fully saturated rings. The number of aromatic nitrogens is 3. The van der Waals surface area contributed by atoms with E-state index in [-0.39, 0.29) is 12.5 Å². The van der Waals surface area contributed by atoms with Gasteiger partial charge in [0.25, 0.3) is 5.91 Å². The highest BCUT2D eigenvalue weighted by Crippen LogP contribution is 2.28. The topological polar surface area (TPSA) is 86.2 Å². The standard InChI is InChI=1S/C23H19ClN4O3S/c1-14-10-19(15-4-3-5-18(11-15)30-2)20(12-25-14)22(29)26-23-28-27-21(32-23)13-31-17-8-6-16(24)7-9-17/h3-12H,13H2,1-2H3,(H,26,28,29). The Labute approximate surface area is 194 Å². The lowest BCUT2D eigenvalue weighted by molar-refractivity contribution is 0.102. The fourth-order valence-electron chi connectivity index (χ4n) is 2.97. The smallest absolute Gasteiger partial charge is 0.259 e. The van der Waals surface area contributed by atoms with Crippen LogP contribution in [-0.4, -0.2) is 28.2 Å². The average Bonchev–Trinajstić information content (AvgIpc) is 3.25. The Morgan fingerprint density at radius 3 is 2.69 bits per heavy atom. The Kier molecular flexibility index (Phi) is 6.63. The van der Waals surface area contributed by atoms with Gasteiger partial charge in [0, 0.05) is 16.9 Å². The Morgan fingerprint density at radius 1 is 1.09 bits per heavy atom. The van der Waals surface area contributed by atoms with Crippen molar-refractivity contribution in [3.05, 3.63) is 82.1 Å². The van der Waals surface area contributed by atoms with E-state index in [1.54, 1.807) is 37.6 Å². The number of benzene rings is 2. The number of rotatable bonds is 7. The van der Waals surface area contributed by atoms with Gasteiger partial charge in [-0.05, 0) is 60.5 Å². The van der Waals surface area contributed by atoms with E-state index in [1.165, 1.54) is 11.3 Å². The van der Waals surface area contributed by atoms with Crippen LogP contribution in [0.25, 0.3) is 11.1 Å². The zero-order valence-electron chi connectivity index (χ0n) is 17.3. The number of carbonyl (C=O) groups excluding carboxylic acids is 1. The van der Waals surface area contributed by atoms with Gasteiger partial charge >= 0.3 is 0 Å². The van der Waals surface area contributed by atoms with E-state index in [0.29, 0.717) is 32.2 Å². The van der Waals surface area contributed by atoms with Crippen molar-refractivity contribution in [1.29, 1.82) is 0 Å². The minimum absolute atomic E-state index is 0.232. The molecule has 7 nitrogen and oxygen atoms in total. The first kappa shape index (κ1) is 21.7. The molecule has 0 saturated carbocycles. The van der Waals surface area contributed by atoms with Gasteiger partial charge in [0.05, 0.1) is 12.7 Å². The summed E-state index contributed by atoms with van der Waals surface area (Å²) in [6, 6.07) is 16.4. The molecule has 32 heavy (non-hydrogen) atoms. The van der Waals surface area contributed by atoms with E-state index < -0.39 is 0 Å². The number of amides is 1. The number of pyridine rings is 1. The molecule has 0 spiro atoms. The number of halogens is 1. The number of ether oxygens (including phenoxy) is 2. The van der Waals surface area contributed by atoms with Gasteiger partial charge in [-0.3, -0.25) is 15.1 Å². The lowest BCUT2D eigenvalue weighted by Gasteiger charge is -2.11. The molecular weight excluding hydrogens is 448 g/mol. The molecule has 4 rings (SSSR count). The lowest BCUT2D eigenvalue weighted by atomic mass is 10.00. The predicted molar refractivity (Wildman–Crippen MR) is 125 cm³/mol. The number of hydrogen-bond acceptors (Lipinski definition) is 7. The Balaban J connectivity index is 1.49. The summed E-state index contributed by atoms with van der Waals surface area (Å²) in [5.74, 6) is 1.05. The van der Waals surface area contributed by atoms with Crippen molar-refractivity contribution >= 4 is 34.0 Å². The normalized spacial score (nSPS) is 10.6. The van der Waals surface area contributed by atoms with Crippen LogP contribution in [0, 0.1) is 6.92 Å². The fourth-order valence-corrected chi connectivity index (χ4v) is 3.75. The molecule has 2 aromatic carbocycles. The summed E-state index contributed by atoms with van der Waals surface area (Å²) in [6.45, 7) is 2.11. The second kappa shape index (κ2) is 9.76. The maximum absolute atomic E-state index is 13.0. The summed E-state index contributed by atoms with van der Waals surface area (Å²) in [5.41, 5.74) is 2.84. The van der Waals surface area contributed by atoms with Crippen LogP contribution in [0.2, 0.25) is 5.02 Å². The van der Waals surface area contributed by atoms with Gasteiger partial charge in [-0.15, -0.1) is 10.2 Å². The zero-order chi connectivity index (χ0) is 22.5.